The summed E-state index contributed by atoms with van der Waals surface area (Å²) in [5.74, 6) is 0.420. The zero-order valence-electron chi connectivity index (χ0n) is 8.00. The summed E-state index contributed by atoms with van der Waals surface area (Å²) in [6.07, 6.45) is 1.97. The Kier molecular flexibility index (Phi) is 2.50. The van der Waals surface area contributed by atoms with Crippen molar-refractivity contribution >= 4 is 23.5 Å². The Labute approximate surface area is 87.9 Å². The minimum atomic E-state index is -0.154. The first-order valence-corrected chi connectivity index (χ1v) is 5.28. The third-order valence-corrected chi connectivity index (χ3v) is 2.79. The van der Waals surface area contributed by atoms with Crippen molar-refractivity contribution < 1.29 is 4.39 Å². The van der Waals surface area contributed by atoms with Gasteiger partial charge < -0.3 is 4.57 Å². The lowest BCUT2D eigenvalue weighted by atomic mass is 10.2. The third kappa shape index (κ3) is 1.32. The topological polar surface area (TPSA) is 4.93 Å². The van der Waals surface area contributed by atoms with Gasteiger partial charge in [0.05, 0.1) is 5.52 Å². The molecule has 74 valence electrons. The molecule has 0 fully saturated rings. The first-order valence-electron chi connectivity index (χ1n) is 4.65. The van der Waals surface area contributed by atoms with Gasteiger partial charge in [-0.15, -0.1) is 0 Å². The number of thiol groups is 1. The summed E-state index contributed by atoms with van der Waals surface area (Å²) >= 11 is 4.21. The second-order valence-electron chi connectivity index (χ2n) is 3.23. The van der Waals surface area contributed by atoms with Crippen LogP contribution in [0.5, 0.6) is 0 Å². The van der Waals surface area contributed by atoms with Crippen molar-refractivity contribution in [1.29, 1.82) is 0 Å². The Bertz CT molecular complexity index is 462. The van der Waals surface area contributed by atoms with Gasteiger partial charge in [0, 0.05) is 23.9 Å². The van der Waals surface area contributed by atoms with Crippen molar-refractivity contribution in [2.45, 2.75) is 19.2 Å². The van der Waals surface area contributed by atoms with E-state index >= 15 is 0 Å². The molecule has 1 aromatic heterocycles. The van der Waals surface area contributed by atoms with Crippen molar-refractivity contribution in [2.24, 2.45) is 0 Å². The molecule has 0 radical (unpaired) electrons. The van der Waals surface area contributed by atoms with Crippen molar-refractivity contribution in [3.05, 3.63) is 35.8 Å². The van der Waals surface area contributed by atoms with E-state index in [1.165, 1.54) is 6.07 Å². The third-order valence-electron chi connectivity index (χ3n) is 2.44. The predicted molar refractivity (Wildman–Crippen MR) is 60.3 cm³/mol. The molecule has 0 aliphatic rings. The fourth-order valence-corrected chi connectivity index (χ4v) is 2.01. The van der Waals surface area contributed by atoms with E-state index in [0.717, 1.165) is 17.6 Å². The lowest BCUT2D eigenvalue weighted by Crippen LogP contribution is -1.90. The number of aromatic nitrogens is 1. The number of benzene rings is 1. The molecular weight excluding hydrogens is 197 g/mol. The van der Waals surface area contributed by atoms with Crippen LogP contribution in [-0.2, 0) is 12.3 Å². The number of hydrogen-bond acceptors (Lipinski definition) is 1. The standard InChI is InChI=1S/C11H12FNS/c1-2-13-6-8(7-14)11-9(12)4-3-5-10(11)13/h3-6,14H,2,7H2,1H3. The molecule has 1 nitrogen and oxygen atoms in total. The van der Waals surface area contributed by atoms with E-state index in [9.17, 15) is 4.39 Å². The highest BCUT2D eigenvalue weighted by atomic mass is 32.1. The molecular formula is C11H12FNS. The van der Waals surface area contributed by atoms with Crippen molar-refractivity contribution in [3.63, 3.8) is 0 Å². The van der Waals surface area contributed by atoms with E-state index in [2.05, 4.69) is 12.6 Å². The molecule has 0 saturated carbocycles. The maximum atomic E-state index is 13.5. The smallest absolute Gasteiger partial charge is 0.132 e. The molecule has 2 aromatic rings. The summed E-state index contributed by atoms with van der Waals surface area (Å²) < 4.78 is 15.6. The highest BCUT2D eigenvalue weighted by molar-refractivity contribution is 7.79. The second kappa shape index (κ2) is 3.65. The van der Waals surface area contributed by atoms with E-state index in [0.29, 0.717) is 11.1 Å². The van der Waals surface area contributed by atoms with Gasteiger partial charge in [-0.2, -0.15) is 12.6 Å². The van der Waals surface area contributed by atoms with E-state index in [1.807, 2.05) is 23.8 Å². The van der Waals surface area contributed by atoms with Crippen LogP contribution in [-0.4, -0.2) is 4.57 Å². The van der Waals surface area contributed by atoms with Crippen LogP contribution >= 0.6 is 12.6 Å². The van der Waals surface area contributed by atoms with Crippen LogP contribution in [0, 0.1) is 5.82 Å². The summed E-state index contributed by atoms with van der Waals surface area (Å²) in [7, 11) is 0. The summed E-state index contributed by atoms with van der Waals surface area (Å²) in [6.45, 7) is 2.90. The van der Waals surface area contributed by atoms with Crippen LogP contribution in [0.1, 0.15) is 12.5 Å². The number of hydrogen-bond donors (Lipinski definition) is 1. The monoisotopic (exact) mass is 209 g/mol. The van der Waals surface area contributed by atoms with E-state index < -0.39 is 0 Å². The maximum Gasteiger partial charge on any atom is 0.132 e. The molecule has 0 atom stereocenters. The first kappa shape index (κ1) is 9.59. The van der Waals surface area contributed by atoms with Gasteiger partial charge in [-0.3, -0.25) is 0 Å². The molecule has 14 heavy (non-hydrogen) atoms. The zero-order valence-corrected chi connectivity index (χ0v) is 8.89. The number of nitrogens with zero attached hydrogens (tertiary/aromatic N) is 1. The average Bonchev–Trinajstić information content (AvgIpc) is 2.57. The molecule has 0 unspecified atom stereocenters. The number of fused-ring (bicyclic) bond motifs is 1. The number of aryl methyl sites for hydroxylation is 1. The molecule has 1 aromatic carbocycles. The Hall–Kier alpha value is -0.960. The zero-order chi connectivity index (χ0) is 10.1. The van der Waals surface area contributed by atoms with Crippen LogP contribution < -0.4 is 0 Å². The number of halogens is 1. The highest BCUT2D eigenvalue weighted by Gasteiger charge is 2.09. The van der Waals surface area contributed by atoms with Crippen LogP contribution in [0.3, 0.4) is 0 Å². The van der Waals surface area contributed by atoms with Crippen LogP contribution in [0.25, 0.3) is 10.9 Å². The second-order valence-corrected chi connectivity index (χ2v) is 3.55. The van der Waals surface area contributed by atoms with Crippen LogP contribution in [0.2, 0.25) is 0 Å². The highest BCUT2D eigenvalue weighted by Crippen LogP contribution is 2.25. The largest absolute Gasteiger partial charge is 0.347 e. The van der Waals surface area contributed by atoms with Gasteiger partial charge >= 0.3 is 0 Å². The first-order chi connectivity index (χ1) is 6.77. The average molecular weight is 209 g/mol. The molecule has 0 spiro atoms. The van der Waals surface area contributed by atoms with E-state index in [4.69, 9.17) is 0 Å². The maximum absolute atomic E-state index is 13.5. The SMILES string of the molecule is CCn1cc(CS)c2c(F)cccc21. The Balaban J connectivity index is 2.82. The molecule has 3 heteroatoms. The Morgan fingerprint density at radius 1 is 1.43 bits per heavy atom. The van der Waals surface area contributed by atoms with Gasteiger partial charge in [0.2, 0.25) is 0 Å². The lowest BCUT2D eigenvalue weighted by Gasteiger charge is -1.99. The molecule has 0 aliphatic heterocycles. The fraction of sp³-hybridized carbons (Fsp3) is 0.273. The Morgan fingerprint density at radius 3 is 2.86 bits per heavy atom. The summed E-state index contributed by atoms with van der Waals surface area (Å²) in [4.78, 5) is 0. The molecule has 0 N–H and O–H groups in total. The normalized spacial score (nSPS) is 11.1. The van der Waals surface area contributed by atoms with Crippen LogP contribution in [0.4, 0.5) is 4.39 Å². The number of rotatable bonds is 2. The van der Waals surface area contributed by atoms with Gasteiger partial charge in [-0.25, -0.2) is 4.39 Å². The quantitative estimate of drug-likeness (QED) is 0.725. The minimum Gasteiger partial charge on any atom is -0.347 e. The van der Waals surface area contributed by atoms with E-state index in [-0.39, 0.29) is 5.82 Å². The van der Waals surface area contributed by atoms with Gasteiger partial charge in [0.25, 0.3) is 0 Å². The van der Waals surface area contributed by atoms with Gasteiger partial charge in [-0.1, -0.05) is 6.07 Å². The molecule has 2 rings (SSSR count). The molecule has 0 amide bonds. The Morgan fingerprint density at radius 2 is 2.21 bits per heavy atom. The summed E-state index contributed by atoms with van der Waals surface area (Å²) in [5, 5.41) is 0.712. The van der Waals surface area contributed by atoms with Crippen molar-refractivity contribution in [3.8, 4) is 0 Å². The summed E-state index contributed by atoms with van der Waals surface area (Å²) in [6, 6.07) is 5.18. The van der Waals surface area contributed by atoms with Gasteiger partial charge in [-0.05, 0) is 24.6 Å². The van der Waals surface area contributed by atoms with Gasteiger partial charge in [0.15, 0.2) is 0 Å². The van der Waals surface area contributed by atoms with Crippen molar-refractivity contribution in [2.75, 3.05) is 0 Å². The minimum absolute atomic E-state index is 0.154. The summed E-state index contributed by atoms with van der Waals surface area (Å²) in [5.41, 5.74) is 1.92. The predicted octanol–water partition coefficient (Wildman–Crippen LogP) is 3.23. The molecule has 0 saturated heterocycles. The van der Waals surface area contributed by atoms with Crippen molar-refractivity contribution in [1.82, 2.24) is 4.57 Å². The van der Waals surface area contributed by atoms with Gasteiger partial charge in [0.1, 0.15) is 5.82 Å². The molecule has 1 heterocycles. The fourth-order valence-electron chi connectivity index (χ4n) is 1.77. The van der Waals surface area contributed by atoms with E-state index in [1.54, 1.807) is 6.07 Å². The molecule has 0 aliphatic carbocycles. The molecule has 0 bridgehead atoms. The lowest BCUT2D eigenvalue weighted by molar-refractivity contribution is 0.639. The van der Waals surface area contributed by atoms with Crippen LogP contribution in [0.15, 0.2) is 24.4 Å².